The number of halogens is 1. The second-order valence-corrected chi connectivity index (χ2v) is 5.46. The normalized spacial score (nSPS) is 17.2. The van der Waals surface area contributed by atoms with Crippen molar-refractivity contribution >= 4 is 23.1 Å². The van der Waals surface area contributed by atoms with E-state index in [4.69, 9.17) is 0 Å². The van der Waals surface area contributed by atoms with Gasteiger partial charge >= 0.3 is 5.69 Å². The lowest BCUT2D eigenvalue weighted by Gasteiger charge is -2.24. The van der Waals surface area contributed by atoms with Crippen LogP contribution in [0.25, 0.3) is 0 Å². The molecule has 7 nitrogen and oxygen atoms in total. The Bertz CT molecular complexity index is 798. The fraction of sp³-hybridized carbons (Fsp3) is 0.250. The van der Waals surface area contributed by atoms with E-state index in [0.717, 1.165) is 0 Å². The van der Waals surface area contributed by atoms with Crippen molar-refractivity contribution in [3.63, 3.8) is 0 Å². The number of pyridine rings is 1. The van der Waals surface area contributed by atoms with Gasteiger partial charge in [-0.15, -0.1) is 0 Å². The molecule has 1 atom stereocenters. The summed E-state index contributed by atoms with van der Waals surface area (Å²) in [6, 6.07) is 8.23. The Morgan fingerprint density at radius 2 is 2.08 bits per heavy atom. The number of likely N-dealkylation sites (N-methyl/N-ethyl adjacent to an activating group) is 1. The first-order chi connectivity index (χ1) is 11.5. The molecule has 3 rings (SSSR count). The van der Waals surface area contributed by atoms with E-state index in [-0.39, 0.29) is 23.1 Å². The highest BCUT2D eigenvalue weighted by Crippen LogP contribution is 2.31. The smallest absolute Gasteiger partial charge is 0.311 e. The van der Waals surface area contributed by atoms with Gasteiger partial charge in [-0.25, -0.2) is 9.37 Å². The third-order valence-corrected chi connectivity index (χ3v) is 4.08. The number of carbonyl (C=O) groups excluding carboxylic acids is 1. The predicted octanol–water partition coefficient (Wildman–Crippen LogP) is 2.37. The number of rotatable bonds is 4. The Morgan fingerprint density at radius 3 is 2.79 bits per heavy atom. The van der Waals surface area contributed by atoms with Gasteiger partial charge in [0.25, 0.3) is 0 Å². The fourth-order valence-corrected chi connectivity index (χ4v) is 2.88. The number of hydrogen-bond acceptors (Lipinski definition) is 5. The highest BCUT2D eigenvalue weighted by atomic mass is 19.1. The van der Waals surface area contributed by atoms with E-state index in [1.54, 1.807) is 25.2 Å². The summed E-state index contributed by atoms with van der Waals surface area (Å²) in [6.45, 7) is 0.343. The van der Waals surface area contributed by atoms with Crippen LogP contribution >= 0.6 is 0 Å². The molecule has 2 aromatic rings. The van der Waals surface area contributed by atoms with Crippen LogP contribution in [0.4, 0.5) is 21.6 Å². The molecule has 0 N–H and O–H groups in total. The van der Waals surface area contributed by atoms with Crippen molar-refractivity contribution in [2.45, 2.75) is 12.5 Å². The Kier molecular flexibility index (Phi) is 4.11. The number of nitro groups is 1. The van der Waals surface area contributed by atoms with Crippen LogP contribution < -0.4 is 9.80 Å². The number of aromatic nitrogens is 1. The van der Waals surface area contributed by atoms with E-state index in [1.165, 1.54) is 34.2 Å². The van der Waals surface area contributed by atoms with Crippen molar-refractivity contribution in [2.24, 2.45) is 0 Å². The van der Waals surface area contributed by atoms with Crippen LogP contribution in [0.15, 0.2) is 42.6 Å². The number of carbonyl (C=O) groups is 1. The van der Waals surface area contributed by atoms with E-state index in [9.17, 15) is 19.3 Å². The third kappa shape index (κ3) is 2.66. The monoisotopic (exact) mass is 330 g/mol. The van der Waals surface area contributed by atoms with Gasteiger partial charge in [0.05, 0.1) is 10.6 Å². The van der Waals surface area contributed by atoms with E-state index in [2.05, 4.69) is 4.98 Å². The zero-order valence-corrected chi connectivity index (χ0v) is 12.9. The van der Waals surface area contributed by atoms with Crippen LogP contribution in [0.5, 0.6) is 0 Å². The molecule has 1 aliphatic heterocycles. The van der Waals surface area contributed by atoms with E-state index in [1.807, 2.05) is 0 Å². The quantitative estimate of drug-likeness (QED) is 0.635. The predicted molar refractivity (Wildman–Crippen MR) is 86.5 cm³/mol. The molecule has 0 aliphatic carbocycles. The molecule has 0 saturated carbocycles. The molecule has 8 heteroatoms. The summed E-state index contributed by atoms with van der Waals surface area (Å²) in [5.74, 6) is -0.656. The third-order valence-electron chi connectivity index (χ3n) is 4.08. The molecule has 1 aromatic heterocycles. The van der Waals surface area contributed by atoms with Crippen molar-refractivity contribution < 1.29 is 14.1 Å². The van der Waals surface area contributed by atoms with Gasteiger partial charge in [-0.3, -0.25) is 14.9 Å². The molecule has 1 aliphatic rings. The minimum atomic E-state index is -0.627. The standard InChI is InChI=1S/C16H15FN4O3/c1-19(15-13(21(23)24)7-4-9-18-15)14-8-10-20(16(14)22)12-6-3-2-5-11(12)17/h2-7,9,14H,8,10H2,1H3. The highest BCUT2D eigenvalue weighted by Gasteiger charge is 2.38. The maximum atomic E-state index is 13.9. The minimum Gasteiger partial charge on any atom is -0.342 e. The summed E-state index contributed by atoms with van der Waals surface area (Å²) in [4.78, 5) is 30.2. The summed E-state index contributed by atoms with van der Waals surface area (Å²) in [7, 11) is 1.59. The lowest BCUT2D eigenvalue weighted by Crippen LogP contribution is -2.40. The highest BCUT2D eigenvalue weighted by molar-refractivity contribution is 6.01. The van der Waals surface area contributed by atoms with Crippen LogP contribution in [0.2, 0.25) is 0 Å². The van der Waals surface area contributed by atoms with Crippen LogP contribution in [-0.4, -0.2) is 35.4 Å². The minimum absolute atomic E-state index is 0.122. The van der Waals surface area contributed by atoms with Crippen molar-refractivity contribution in [3.8, 4) is 0 Å². The number of anilines is 2. The van der Waals surface area contributed by atoms with Gasteiger partial charge in [0, 0.05) is 25.9 Å². The molecule has 0 spiro atoms. The summed E-state index contributed by atoms with van der Waals surface area (Å²) >= 11 is 0. The zero-order chi connectivity index (χ0) is 17.3. The summed E-state index contributed by atoms with van der Waals surface area (Å²) in [5.41, 5.74) is 0.0473. The lowest BCUT2D eigenvalue weighted by molar-refractivity contribution is -0.384. The molecule has 0 bridgehead atoms. The molecule has 124 valence electrons. The first-order valence-corrected chi connectivity index (χ1v) is 7.39. The molecule has 0 radical (unpaired) electrons. The topological polar surface area (TPSA) is 79.6 Å². The molecule has 1 aromatic carbocycles. The van der Waals surface area contributed by atoms with Gasteiger partial charge < -0.3 is 9.80 Å². The van der Waals surface area contributed by atoms with Gasteiger partial charge in [0.2, 0.25) is 11.7 Å². The molecular formula is C16H15FN4O3. The van der Waals surface area contributed by atoms with Crippen LogP contribution in [0, 0.1) is 15.9 Å². The average Bonchev–Trinajstić information content (AvgIpc) is 2.96. The number of amides is 1. The Hall–Kier alpha value is -3.03. The first-order valence-electron chi connectivity index (χ1n) is 7.39. The van der Waals surface area contributed by atoms with Crippen molar-refractivity contribution in [1.82, 2.24) is 4.98 Å². The van der Waals surface area contributed by atoms with Crippen molar-refractivity contribution in [3.05, 3.63) is 58.5 Å². The maximum absolute atomic E-state index is 13.9. The Morgan fingerprint density at radius 1 is 1.33 bits per heavy atom. The molecule has 1 saturated heterocycles. The van der Waals surface area contributed by atoms with Gasteiger partial charge in [0.1, 0.15) is 11.9 Å². The largest absolute Gasteiger partial charge is 0.342 e. The maximum Gasteiger partial charge on any atom is 0.311 e. The lowest BCUT2D eigenvalue weighted by atomic mass is 10.2. The number of para-hydroxylation sites is 1. The summed E-state index contributed by atoms with van der Waals surface area (Å²) < 4.78 is 13.9. The molecule has 1 fully saturated rings. The molecule has 2 heterocycles. The zero-order valence-electron chi connectivity index (χ0n) is 12.9. The van der Waals surface area contributed by atoms with E-state index in [0.29, 0.717) is 13.0 Å². The van der Waals surface area contributed by atoms with Gasteiger partial charge in [-0.05, 0) is 24.6 Å². The molecule has 24 heavy (non-hydrogen) atoms. The second-order valence-electron chi connectivity index (χ2n) is 5.46. The van der Waals surface area contributed by atoms with Crippen molar-refractivity contribution in [1.29, 1.82) is 0 Å². The summed E-state index contributed by atoms with van der Waals surface area (Å²) in [5, 5.41) is 11.1. The van der Waals surface area contributed by atoms with E-state index < -0.39 is 16.8 Å². The first kappa shape index (κ1) is 15.9. The Balaban J connectivity index is 1.88. The van der Waals surface area contributed by atoms with Crippen LogP contribution in [-0.2, 0) is 4.79 Å². The average molecular weight is 330 g/mol. The van der Waals surface area contributed by atoms with E-state index >= 15 is 0 Å². The molecule has 1 amide bonds. The Labute approximate surface area is 137 Å². The van der Waals surface area contributed by atoms with Crippen LogP contribution in [0.3, 0.4) is 0 Å². The van der Waals surface area contributed by atoms with Gasteiger partial charge in [0.15, 0.2) is 0 Å². The fourth-order valence-electron chi connectivity index (χ4n) is 2.88. The number of nitrogens with zero attached hydrogens (tertiary/aromatic N) is 4. The van der Waals surface area contributed by atoms with Gasteiger partial charge in [-0.2, -0.15) is 0 Å². The molecular weight excluding hydrogens is 315 g/mol. The van der Waals surface area contributed by atoms with Crippen LogP contribution in [0.1, 0.15) is 6.42 Å². The summed E-state index contributed by atoms with van der Waals surface area (Å²) in [6.07, 6.45) is 1.87. The van der Waals surface area contributed by atoms with Gasteiger partial charge in [-0.1, -0.05) is 12.1 Å². The second kappa shape index (κ2) is 6.23. The SMILES string of the molecule is CN(c1ncccc1[N+](=O)[O-])C1CCN(c2ccccc2F)C1=O. The van der Waals surface area contributed by atoms with Crippen molar-refractivity contribution in [2.75, 3.05) is 23.4 Å². The number of hydrogen-bond donors (Lipinski definition) is 0. The number of benzene rings is 1. The molecule has 1 unspecified atom stereocenters.